The van der Waals surface area contributed by atoms with Crippen LogP contribution in [0.1, 0.15) is 30.4 Å². The summed E-state index contributed by atoms with van der Waals surface area (Å²) in [4.78, 5) is 12.3. The van der Waals surface area contributed by atoms with E-state index in [1.54, 1.807) is 0 Å². The molecule has 0 saturated carbocycles. The van der Waals surface area contributed by atoms with Crippen LogP contribution in [-0.4, -0.2) is 25.0 Å². The van der Waals surface area contributed by atoms with Gasteiger partial charge in [-0.1, -0.05) is 31.2 Å². The average Bonchev–Trinajstić information content (AvgIpc) is 2.34. The summed E-state index contributed by atoms with van der Waals surface area (Å²) in [7, 11) is 0. The lowest BCUT2D eigenvalue weighted by Crippen LogP contribution is -2.52. The normalized spacial score (nSPS) is 28.6. The van der Waals surface area contributed by atoms with Crippen LogP contribution in [0.15, 0.2) is 24.3 Å². The maximum atomic E-state index is 12.3. The van der Waals surface area contributed by atoms with Crippen molar-refractivity contribution in [2.24, 2.45) is 5.92 Å². The van der Waals surface area contributed by atoms with Crippen LogP contribution < -0.4 is 10.6 Å². The highest BCUT2D eigenvalue weighted by atomic mass is 35.5. The number of carbonyl (C=O) groups excluding carboxylic acids is 1. The summed E-state index contributed by atoms with van der Waals surface area (Å²) in [6.45, 7) is 4.20. The number of piperidine rings is 1. The highest BCUT2D eigenvalue weighted by Gasteiger charge is 2.33. The van der Waals surface area contributed by atoms with E-state index in [0.717, 1.165) is 25.9 Å². The van der Waals surface area contributed by atoms with Gasteiger partial charge in [-0.3, -0.25) is 4.79 Å². The first-order valence-electron chi connectivity index (χ1n) is 6.84. The van der Waals surface area contributed by atoms with E-state index in [2.05, 4.69) is 29.7 Å². The summed E-state index contributed by atoms with van der Waals surface area (Å²) < 4.78 is 0. The van der Waals surface area contributed by atoms with Gasteiger partial charge in [0.25, 0.3) is 0 Å². The second-order valence-corrected chi connectivity index (χ2v) is 5.54. The fourth-order valence-corrected chi connectivity index (χ4v) is 2.96. The highest BCUT2D eigenvalue weighted by Crippen LogP contribution is 2.35. The first kappa shape index (κ1) is 14.4. The molecule has 1 aromatic rings. The third kappa shape index (κ3) is 2.77. The van der Waals surface area contributed by atoms with Crippen molar-refractivity contribution < 1.29 is 4.79 Å². The largest absolute Gasteiger partial charge is 0.351 e. The minimum absolute atomic E-state index is 0. The molecule has 1 amide bonds. The number of hydrogen-bond donors (Lipinski definition) is 2. The van der Waals surface area contributed by atoms with Crippen LogP contribution in [0.3, 0.4) is 0 Å². The Morgan fingerprint density at radius 3 is 2.89 bits per heavy atom. The van der Waals surface area contributed by atoms with Crippen molar-refractivity contribution in [3.05, 3.63) is 35.4 Å². The SMILES string of the molecule is CC1CCNCC1NC(=O)C1Cc2ccccc21.Cl. The summed E-state index contributed by atoms with van der Waals surface area (Å²) in [5.74, 6) is 0.857. The number of fused-ring (bicyclic) bond motifs is 1. The summed E-state index contributed by atoms with van der Waals surface area (Å²) in [6.07, 6.45) is 2.04. The molecule has 1 aliphatic heterocycles. The lowest BCUT2D eigenvalue weighted by molar-refractivity contribution is -0.124. The van der Waals surface area contributed by atoms with Gasteiger partial charge in [0, 0.05) is 12.6 Å². The highest BCUT2D eigenvalue weighted by molar-refractivity contribution is 5.87. The third-order valence-electron chi connectivity index (χ3n) is 4.33. The molecule has 1 fully saturated rings. The zero-order valence-corrected chi connectivity index (χ0v) is 12.0. The van der Waals surface area contributed by atoms with Crippen molar-refractivity contribution in [1.29, 1.82) is 0 Å². The predicted molar refractivity (Wildman–Crippen MR) is 78.7 cm³/mol. The van der Waals surface area contributed by atoms with Crippen molar-refractivity contribution in [3.8, 4) is 0 Å². The molecule has 1 aliphatic carbocycles. The summed E-state index contributed by atoms with van der Waals surface area (Å²) in [5.41, 5.74) is 2.54. The molecule has 104 valence electrons. The van der Waals surface area contributed by atoms with E-state index in [-0.39, 0.29) is 24.2 Å². The molecule has 2 aliphatic rings. The first-order valence-corrected chi connectivity index (χ1v) is 6.84. The van der Waals surface area contributed by atoms with Crippen molar-refractivity contribution in [1.82, 2.24) is 10.6 Å². The second kappa shape index (κ2) is 5.93. The topological polar surface area (TPSA) is 41.1 Å². The number of carbonyl (C=O) groups is 1. The monoisotopic (exact) mass is 280 g/mol. The van der Waals surface area contributed by atoms with Gasteiger partial charge in [0.05, 0.1) is 5.92 Å². The second-order valence-electron chi connectivity index (χ2n) is 5.54. The molecular weight excluding hydrogens is 260 g/mol. The number of halogens is 1. The molecule has 0 spiro atoms. The Labute approximate surface area is 120 Å². The number of nitrogens with one attached hydrogen (secondary N) is 2. The van der Waals surface area contributed by atoms with Crippen LogP contribution in [0.5, 0.6) is 0 Å². The lowest BCUT2D eigenvalue weighted by Gasteiger charge is -2.34. The van der Waals surface area contributed by atoms with Gasteiger partial charge >= 0.3 is 0 Å². The Morgan fingerprint density at radius 1 is 1.37 bits per heavy atom. The van der Waals surface area contributed by atoms with Gasteiger partial charge in [0.2, 0.25) is 5.91 Å². The smallest absolute Gasteiger partial charge is 0.228 e. The molecule has 0 bridgehead atoms. The Balaban J connectivity index is 0.00000133. The molecule has 4 heteroatoms. The van der Waals surface area contributed by atoms with E-state index >= 15 is 0 Å². The molecule has 0 radical (unpaired) electrons. The van der Waals surface area contributed by atoms with E-state index < -0.39 is 0 Å². The Morgan fingerprint density at radius 2 is 2.16 bits per heavy atom. The summed E-state index contributed by atoms with van der Waals surface area (Å²) in [6, 6.07) is 8.54. The maximum Gasteiger partial charge on any atom is 0.228 e. The van der Waals surface area contributed by atoms with E-state index in [9.17, 15) is 4.79 Å². The van der Waals surface area contributed by atoms with Gasteiger partial charge in [0.1, 0.15) is 0 Å². The van der Waals surface area contributed by atoms with Gasteiger partial charge in [-0.2, -0.15) is 0 Å². The van der Waals surface area contributed by atoms with Crippen LogP contribution in [-0.2, 0) is 11.2 Å². The van der Waals surface area contributed by atoms with Gasteiger partial charge in [-0.15, -0.1) is 12.4 Å². The molecule has 3 unspecified atom stereocenters. The molecule has 1 saturated heterocycles. The molecule has 3 rings (SSSR count). The number of benzene rings is 1. The number of hydrogen-bond acceptors (Lipinski definition) is 2. The minimum Gasteiger partial charge on any atom is -0.351 e. The standard InChI is InChI=1S/C15H20N2O.ClH/c1-10-6-7-16-9-14(10)17-15(18)13-8-11-4-2-3-5-12(11)13;/h2-5,10,13-14,16H,6-9H2,1H3,(H,17,18);1H. The number of rotatable bonds is 2. The maximum absolute atomic E-state index is 12.3. The Kier molecular flexibility index (Phi) is 4.48. The average molecular weight is 281 g/mol. The van der Waals surface area contributed by atoms with Crippen LogP contribution in [0.2, 0.25) is 0 Å². The van der Waals surface area contributed by atoms with Crippen LogP contribution in [0.4, 0.5) is 0 Å². The fraction of sp³-hybridized carbons (Fsp3) is 0.533. The van der Waals surface area contributed by atoms with Crippen molar-refractivity contribution in [3.63, 3.8) is 0 Å². The molecule has 19 heavy (non-hydrogen) atoms. The number of amides is 1. The van der Waals surface area contributed by atoms with Crippen molar-refractivity contribution >= 4 is 18.3 Å². The van der Waals surface area contributed by atoms with Crippen LogP contribution in [0.25, 0.3) is 0 Å². The van der Waals surface area contributed by atoms with E-state index in [1.807, 2.05) is 12.1 Å². The quantitative estimate of drug-likeness (QED) is 0.868. The van der Waals surface area contributed by atoms with Gasteiger partial charge in [0.15, 0.2) is 0 Å². The molecule has 1 heterocycles. The Bertz CT molecular complexity index is 463. The van der Waals surface area contributed by atoms with Gasteiger partial charge in [-0.25, -0.2) is 0 Å². The molecular formula is C15H21ClN2O. The molecule has 3 atom stereocenters. The summed E-state index contributed by atoms with van der Waals surface area (Å²) >= 11 is 0. The lowest BCUT2D eigenvalue weighted by atomic mass is 9.77. The summed E-state index contributed by atoms with van der Waals surface area (Å²) in [5, 5.41) is 6.56. The fourth-order valence-electron chi connectivity index (χ4n) is 2.96. The van der Waals surface area contributed by atoms with Crippen molar-refractivity contribution in [2.45, 2.75) is 31.7 Å². The third-order valence-corrected chi connectivity index (χ3v) is 4.33. The first-order chi connectivity index (χ1) is 8.75. The zero-order chi connectivity index (χ0) is 12.5. The molecule has 3 nitrogen and oxygen atoms in total. The molecule has 1 aromatic carbocycles. The predicted octanol–water partition coefficient (Wildman–Crippen LogP) is 1.86. The van der Waals surface area contributed by atoms with Crippen molar-refractivity contribution in [2.75, 3.05) is 13.1 Å². The van der Waals surface area contributed by atoms with Crippen LogP contribution >= 0.6 is 12.4 Å². The van der Waals surface area contributed by atoms with E-state index in [4.69, 9.17) is 0 Å². The minimum atomic E-state index is 0. The van der Waals surface area contributed by atoms with E-state index in [0.29, 0.717) is 12.0 Å². The van der Waals surface area contributed by atoms with Gasteiger partial charge in [-0.05, 0) is 36.4 Å². The van der Waals surface area contributed by atoms with Gasteiger partial charge < -0.3 is 10.6 Å². The molecule has 2 N–H and O–H groups in total. The zero-order valence-electron chi connectivity index (χ0n) is 11.2. The van der Waals surface area contributed by atoms with E-state index in [1.165, 1.54) is 11.1 Å². The molecule has 0 aromatic heterocycles. The Hall–Kier alpha value is -1.06. The van der Waals surface area contributed by atoms with Crippen LogP contribution in [0, 0.1) is 5.92 Å².